The predicted molar refractivity (Wildman–Crippen MR) is 93.7 cm³/mol. The average molecular weight is 352 g/mol. The molecule has 6 heteroatoms. The molecule has 4 nitrogen and oxygen atoms in total. The van der Waals surface area contributed by atoms with Crippen molar-refractivity contribution in [3.8, 4) is 11.5 Å². The van der Waals surface area contributed by atoms with Crippen LogP contribution in [0.4, 0.5) is 5.69 Å². The number of rotatable bonds is 5. The summed E-state index contributed by atoms with van der Waals surface area (Å²) in [5.41, 5.74) is 1.25. The third-order valence-electron chi connectivity index (χ3n) is 3.04. The lowest BCUT2D eigenvalue weighted by atomic mass is 10.2. The first-order chi connectivity index (χ1) is 11.0. The molecule has 1 amide bonds. The number of benzene rings is 2. The van der Waals surface area contributed by atoms with Crippen molar-refractivity contribution in [2.24, 2.45) is 0 Å². The summed E-state index contributed by atoms with van der Waals surface area (Å²) < 4.78 is 10.3. The SMILES string of the molecule is COc1ccc(NC(=O)/C=C/c2ccc(Cl)cc2Cl)c(OC)c1. The van der Waals surface area contributed by atoms with Gasteiger partial charge in [0, 0.05) is 22.2 Å². The van der Waals surface area contributed by atoms with Gasteiger partial charge in [0.05, 0.1) is 19.9 Å². The molecule has 0 aromatic heterocycles. The zero-order valence-electron chi connectivity index (χ0n) is 12.6. The number of methoxy groups -OCH3 is 2. The second-order valence-corrected chi connectivity index (χ2v) is 5.40. The smallest absolute Gasteiger partial charge is 0.248 e. The largest absolute Gasteiger partial charge is 0.497 e. The molecule has 2 aromatic rings. The Kier molecular flexibility index (Phi) is 5.90. The van der Waals surface area contributed by atoms with Crippen LogP contribution in [0.25, 0.3) is 6.08 Å². The lowest BCUT2D eigenvalue weighted by Crippen LogP contribution is -2.09. The van der Waals surface area contributed by atoms with E-state index in [1.807, 2.05) is 0 Å². The van der Waals surface area contributed by atoms with Crippen molar-refractivity contribution in [1.29, 1.82) is 0 Å². The summed E-state index contributed by atoms with van der Waals surface area (Å²) in [4.78, 5) is 12.0. The van der Waals surface area contributed by atoms with E-state index in [2.05, 4.69) is 5.32 Å². The van der Waals surface area contributed by atoms with Crippen LogP contribution in [0, 0.1) is 0 Å². The minimum absolute atomic E-state index is 0.306. The molecule has 0 atom stereocenters. The number of anilines is 1. The number of hydrogen-bond donors (Lipinski definition) is 1. The van der Waals surface area contributed by atoms with E-state index in [-0.39, 0.29) is 5.91 Å². The Morgan fingerprint density at radius 2 is 1.87 bits per heavy atom. The van der Waals surface area contributed by atoms with Crippen molar-refractivity contribution in [1.82, 2.24) is 0 Å². The Morgan fingerprint density at radius 3 is 2.52 bits per heavy atom. The van der Waals surface area contributed by atoms with Crippen molar-refractivity contribution in [3.63, 3.8) is 0 Å². The van der Waals surface area contributed by atoms with E-state index in [4.69, 9.17) is 32.7 Å². The first-order valence-electron chi connectivity index (χ1n) is 6.69. The fraction of sp³-hybridized carbons (Fsp3) is 0.118. The molecule has 2 rings (SSSR count). The van der Waals surface area contributed by atoms with Crippen LogP contribution >= 0.6 is 23.2 Å². The second kappa shape index (κ2) is 7.90. The predicted octanol–water partition coefficient (Wildman–Crippen LogP) is 4.66. The van der Waals surface area contributed by atoms with E-state index < -0.39 is 0 Å². The van der Waals surface area contributed by atoms with Crippen LogP contribution in [0.3, 0.4) is 0 Å². The van der Waals surface area contributed by atoms with Gasteiger partial charge in [-0.05, 0) is 35.9 Å². The first-order valence-corrected chi connectivity index (χ1v) is 7.45. The molecule has 1 N–H and O–H groups in total. The monoisotopic (exact) mass is 351 g/mol. The van der Waals surface area contributed by atoms with Gasteiger partial charge in [-0.3, -0.25) is 4.79 Å². The van der Waals surface area contributed by atoms with E-state index in [1.165, 1.54) is 13.2 Å². The fourth-order valence-electron chi connectivity index (χ4n) is 1.88. The third-order valence-corrected chi connectivity index (χ3v) is 3.61. The number of halogens is 2. The van der Waals surface area contributed by atoms with Crippen molar-refractivity contribution >= 4 is 40.9 Å². The van der Waals surface area contributed by atoms with Gasteiger partial charge in [-0.2, -0.15) is 0 Å². The van der Waals surface area contributed by atoms with Gasteiger partial charge in [0.1, 0.15) is 11.5 Å². The van der Waals surface area contributed by atoms with Gasteiger partial charge in [-0.25, -0.2) is 0 Å². The van der Waals surface area contributed by atoms with Crippen LogP contribution in [-0.4, -0.2) is 20.1 Å². The van der Waals surface area contributed by atoms with E-state index in [0.717, 1.165) is 0 Å². The van der Waals surface area contributed by atoms with Crippen molar-refractivity contribution in [3.05, 3.63) is 58.1 Å². The van der Waals surface area contributed by atoms with Crippen molar-refractivity contribution < 1.29 is 14.3 Å². The molecular formula is C17H15Cl2NO3. The van der Waals surface area contributed by atoms with Gasteiger partial charge in [0.15, 0.2) is 0 Å². The molecule has 0 aliphatic carbocycles. The Balaban J connectivity index is 2.11. The van der Waals surface area contributed by atoms with Crippen LogP contribution in [0.1, 0.15) is 5.56 Å². The average Bonchev–Trinajstić information content (AvgIpc) is 2.54. The van der Waals surface area contributed by atoms with Gasteiger partial charge in [0.2, 0.25) is 5.91 Å². The summed E-state index contributed by atoms with van der Waals surface area (Å²) in [6, 6.07) is 10.2. The Labute approximate surface area is 144 Å². The summed E-state index contributed by atoms with van der Waals surface area (Å²) in [7, 11) is 3.08. The van der Waals surface area contributed by atoms with Crippen LogP contribution in [0.15, 0.2) is 42.5 Å². The minimum atomic E-state index is -0.306. The Hall–Kier alpha value is -2.17. The normalized spacial score (nSPS) is 10.6. The molecule has 0 bridgehead atoms. The number of hydrogen-bond acceptors (Lipinski definition) is 3. The van der Waals surface area contributed by atoms with Crippen molar-refractivity contribution in [2.75, 3.05) is 19.5 Å². The summed E-state index contributed by atoms with van der Waals surface area (Å²) in [5.74, 6) is 0.846. The van der Waals surface area contributed by atoms with Crippen LogP contribution in [0.2, 0.25) is 10.0 Å². The quantitative estimate of drug-likeness (QED) is 0.796. The first kappa shape index (κ1) is 17.2. The summed E-state index contributed by atoms with van der Waals surface area (Å²) in [6.45, 7) is 0. The van der Waals surface area contributed by atoms with Gasteiger partial charge < -0.3 is 14.8 Å². The summed E-state index contributed by atoms with van der Waals surface area (Å²) in [6.07, 6.45) is 3.00. The summed E-state index contributed by atoms with van der Waals surface area (Å²) >= 11 is 11.9. The maximum Gasteiger partial charge on any atom is 0.248 e. The number of nitrogens with one attached hydrogen (secondary N) is 1. The highest BCUT2D eigenvalue weighted by Gasteiger charge is 2.07. The van der Waals surface area contributed by atoms with E-state index in [1.54, 1.807) is 49.6 Å². The topological polar surface area (TPSA) is 47.6 Å². The molecule has 0 saturated heterocycles. The molecule has 0 unspecified atom stereocenters. The number of amides is 1. The highest BCUT2D eigenvalue weighted by molar-refractivity contribution is 6.35. The number of carbonyl (C=O) groups excluding carboxylic acids is 1. The Morgan fingerprint density at radius 1 is 1.09 bits per heavy atom. The molecular weight excluding hydrogens is 337 g/mol. The zero-order chi connectivity index (χ0) is 16.8. The molecule has 0 radical (unpaired) electrons. The van der Waals surface area contributed by atoms with Crippen LogP contribution in [-0.2, 0) is 4.79 Å². The van der Waals surface area contributed by atoms with Crippen molar-refractivity contribution in [2.45, 2.75) is 0 Å². The fourth-order valence-corrected chi connectivity index (χ4v) is 2.35. The molecule has 0 spiro atoms. The lowest BCUT2D eigenvalue weighted by molar-refractivity contribution is -0.111. The highest BCUT2D eigenvalue weighted by Crippen LogP contribution is 2.29. The standard InChI is InChI=1S/C17H15Cl2NO3/c1-22-13-6-7-15(16(10-13)23-2)20-17(21)8-4-11-3-5-12(18)9-14(11)19/h3-10H,1-2H3,(H,20,21)/b8-4+. The molecule has 0 aliphatic rings. The maximum atomic E-state index is 12.0. The molecule has 120 valence electrons. The van der Waals surface area contributed by atoms with E-state index in [9.17, 15) is 4.79 Å². The molecule has 0 saturated carbocycles. The van der Waals surface area contributed by atoms with E-state index in [0.29, 0.717) is 32.8 Å². The molecule has 2 aromatic carbocycles. The van der Waals surface area contributed by atoms with Gasteiger partial charge in [-0.1, -0.05) is 29.3 Å². The van der Waals surface area contributed by atoms with Gasteiger partial charge >= 0.3 is 0 Å². The van der Waals surface area contributed by atoms with Crippen LogP contribution in [0.5, 0.6) is 11.5 Å². The maximum absolute atomic E-state index is 12.0. The van der Waals surface area contributed by atoms with E-state index >= 15 is 0 Å². The molecule has 0 aliphatic heterocycles. The number of ether oxygens (including phenoxy) is 2. The summed E-state index contributed by atoms with van der Waals surface area (Å²) in [5, 5.41) is 3.76. The molecule has 0 fully saturated rings. The van der Waals surface area contributed by atoms with Crippen LogP contribution < -0.4 is 14.8 Å². The third kappa shape index (κ3) is 4.65. The highest BCUT2D eigenvalue weighted by atomic mass is 35.5. The number of carbonyl (C=O) groups is 1. The lowest BCUT2D eigenvalue weighted by Gasteiger charge is -2.10. The van der Waals surface area contributed by atoms with Gasteiger partial charge in [0.25, 0.3) is 0 Å². The second-order valence-electron chi connectivity index (χ2n) is 4.55. The zero-order valence-corrected chi connectivity index (χ0v) is 14.1. The Bertz CT molecular complexity index is 745. The molecule has 0 heterocycles. The minimum Gasteiger partial charge on any atom is -0.497 e. The van der Waals surface area contributed by atoms with Gasteiger partial charge in [-0.15, -0.1) is 0 Å². The molecule has 23 heavy (non-hydrogen) atoms.